The molecular weight excluding hydrogens is 382 g/mol. The summed E-state index contributed by atoms with van der Waals surface area (Å²) in [4.78, 5) is 30.3. The van der Waals surface area contributed by atoms with E-state index in [1.54, 1.807) is 11.8 Å². The van der Waals surface area contributed by atoms with Crippen molar-refractivity contribution in [3.8, 4) is 0 Å². The van der Waals surface area contributed by atoms with Crippen molar-refractivity contribution in [3.05, 3.63) is 48.5 Å². The van der Waals surface area contributed by atoms with Gasteiger partial charge in [-0.25, -0.2) is 0 Å². The number of amides is 2. The minimum absolute atomic E-state index is 0.00593. The van der Waals surface area contributed by atoms with Crippen LogP contribution >= 0.6 is 11.8 Å². The lowest BCUT2D eigenvalue weighted by Crippen LogP contribution is -2.35. The van der Waals surface area contributed by atoms with Gasteiger partial charge in [0.1, 0.15) is 0 Å². The third-order valence-corrected chi connectivity index (χ3v) is 6.58. The summed E-state index contributed by atoms with van der Waals surface area (Å²) in [6, 6.07) is 15.9. The molecule has 0 aliphatic carbocycles. The molecule has 5 nitrogen and oxygen atoms in total. The SMILES string of the molecule is CC1CCN(c2ccc(NC(=O)CCC(=O)N3CCSc4ccccc43)cc2)C1. The van der Waals surface area contributed by atoms with Gasteiger partial charge in [-0.3, -0.25) is 9.59 Å². The maximum atomic E-state index is 12.7. The van der Waals surface area contributed by atoms with Crippen molar-refractivity contribution in [3.63, 3.8) is 0 Å². The molecule has 1 fully saturated rings. The zero-order valence-electron chi connectivity index (χ0n) is 16.8. The fourth-order valence-corrected chi connectivity index (χ4v) is 4.93. The quantitative estimate of drug-likeness (QED) is 0.796. The van der Waals surface area contributed by atoms with Crippen LogP contribution < -0.4 is 15.1 Å². The zero-order chi connectivity index (χ0) is 20.2. The standard InChI is InChI=1S/C23H27N3O2S/c1-17-12-13-25(16-17)19-8-6-18(7-9-19)24-22(27)10-11-23(28)26-14-15-29-21-5-3-2-4-20(21)26/h2-9,17H,10-16H2,1H3,(H,24,27). The van der Waals surface area contributed by atoms with Gasteiger partial charge in [0.05, 0.1) is 5.69 Å². The topological polar surface area (TPSA) is 52.7 Å². The number of rotatable bonds is 5. The molecule has 0 bridgehead atoms. The van der Waals surface area contributed by atoms with Gasteiger partial charge in [0, 0.05) is 54.5 Å². The maximum absolute atomic E-state index is 12.7. The number of para-hydroxylation sites is 1. The van der Waals surface area contributed by atoms with Crippen LogP contribution in [0.2, 0.25) is 0 Å². The van der Waals surface area contributed by atoms with Crippen LogP contribution in [0.5, 0.6) is 0 Å². The van der Waals surface area contributed by atoms with E-state index in [9.17, 15) is 9.59 Å². The Bertz CT molecular complexity index is 884. The van der Waals surface area contributed by atoms with Gasteiger partial charge in [0.15, 0.2) is 0 Å². The molecule has 2 aliphatic rings. The van der Waals surface area contributed by atoms with E-state index in [0.29, 0.717) is 6.54 Å². The Labute approximate surface area is 176 Å². The highest BCUT2D eigenvalue weighted by atomic mass is 32.2. The fourth-order valence-electron chi connectivity index (χ4n) is 3.93. The molecule has 6 heteroatoms. The smallest absolute Gasteiger partial charge is 0.227 e. The predicted octanol–water partition coefficient (Wildman–Crippen LogP) is 4.39. The van der Waals surface area contributed by atoms with E-state index in [-0.39, 0.29) is 24.7 Å². The average Bonchev–Trinajstić information content (AvgIpc) is 3.18. The second kappa shape index (κ2) is 8.91. The Morgan fingerprint density at radius 1 is 1.07 bits per heavy atom. The first-order chi connectivity index (χ1) is 14.1. The highest BCUT2D eigenvalue weighted by Gasteiger charge is 2.23. The molecule has 152 valence electrons. The van der Waals surface area contributed by atoms with Gasteiger partial charge in [-0.1, -0.05) is 19.1 Å². The molecule has 0 spiro atoms. The highest BCUT2D eigenvalue weighted by Crippen LogP contribution is 2.34. The second-order valence-electron chi connectivity index (χ2n) is 7.80. The fraction of sp³-hybridized carbons (Fsp3) is 0.391. The first-order valence-electron chi connectivity index (χ1n) is 10.3. The molecule has 1 N–H and O–H groups in total. The molecule has 2 aromatic carbocycles. The molecule has 4 rings (SSSR count). The van der Waals surface area contributed by atoms with E-state index < -0.39 is 0 Å². The van der Waals surface area contributed by atoms with Crippen molar-refractivity contribution in [1.29, 1.82) is 0 Å². The molecule has 2 heterocycles. The van der Waals surface area contributed by atoms with Crippen molar-refractivity contribution in [2.75, 3.05) is 40.5 Å². The Hall–Kier alpha value is -2.47. The molecule has 2 aromatic rings. The van der Waals surface area contributed by atoms with Gasteiger partial charge in [-0.05, 0) is 48.7 Å². The Morgan fingerprint density at radius 3 is 2.62 bits per heavy atom. The Kier molecular flexibility index (Phi) is 6.09. The van der Waals surface area contributed by atoms with Crippen LogP contribution in [0.1, 0.15) is 26.2 Å². The van der Waals surface area contributed by atoms with Crippen molar-refractivity contribution < 1.29 is 9.59 Å². The first-order valence-corrected chi connectivity index (χ1v) is 11.3. The van der Waals surface area contributed by atoms with Gasteiger partial charge in [0.2, 0.25) is 11.8 Å². The lowest BCUT2D eigenvalue weighted by molar-refractivity contribution is -0.122. The van der Waals surface area contributed by atoms with Crippen LogP contribution in [0.4, 0.5) is 17.1 Å². The summed E-state index contributed by atoms with van der Waals surface area (Å²) in [5.74, 6) is 1.50. The number of fused-ring (bicyclic) bond motifs is 1. The largest absolute Gasteiger partial charge is 0.371 e. The van der Waals surface area contributed by atoms with Crippen LogP contribution in [0, 0.1) is 5.92 Å². The summed E-state index contributed by atoms with van der Waals surface area (Å²) < 4.78 is 0. The van der Waals surface area contributed by atoms with Crippen molar-refractivity contribution in [2.24, 2.45) is 5.92 Å². The molecule has 1 atom stereocenters. The van der Waals surface area contributed by atoms with Crippen LogP contribution in [-0.4, -0.2) is 37.2 Å². The summed E-state index contributed by atoms with van der Waals surface area (Å²) in [5.41, 5.74) is 2.93. The number of nitrogens with one attached hydrogen (secondary N) is 1. The molecule has 29 heavy (non-hydrogen) atoms. The summed E-state index contributed by atoms with van der Waals surface area (Å²) in [5, 5.41) is 2.91. The average molecular weight is 410 g/mol. The molecule has 0 saturated carbocycles. The Morgan fingerprint density at radius 2 is 1.86 bits per heavy atom. The van der Waals surface area contributed by atoms with Crippen molar-refractivity contribution >= 4 is 40.6 Å². The van der Waals surface area contributed by atoms with Gasteiger partial charge < -0.3 is 15.1 Å². The summed E-state index contributed by atoms with van der Waals surface area (Å²) in [6.07, 6.45) is 1.64. The summed E-state index contributed by atoms with van der Waals surface area (Å²) in [7, 11) is 0. The minimum atomic E-state index is -0.124. The van der Waals surface area contributed by atoms with Crippen LogP contribution in [0.15, 0.2) is 53.4 Å². The minimum Gasteiger partial charge on any atom is -0.371 e. The number of hydrogen-bond acceptors (Lipinski definition) is 4. The monoisotopic (exact) mass is 409 g/mol. The molecule has 0 radical (unpaired) electrons. The number of carbonyl (C=O) groups is 2. The number of hydrogen-bond donors (Lipinski definition) is 1. The Balaban J connectivity index is 1.29. The van der Waals surface area contributed by atoms with Crippen LogP contribution in [0.3, 0.4) is 0 Å². The van der Waals surface area contributed by atoms with E-state index in [1.165, 1.54) is 12.1 Å². The molecule has 0 aromatic heterocycles. The van der Waals surface area contributed by atoms with E-state index in [0.717, 1.165) is 41.0 Å². The van der Waals surface area contributed by atoms with E-state index >= 15 is 0 Å². The molecular formula is C23H27N3O2S. The number of anilines is 3. The molecule has 1 saturated heterocycles. The first kappa shape index (κ1) is 19.8. The van der Waals surface area contributed by atoms with Gasteiger partial charge in [-0.15, -0.1) is 11.8 Å². The summed E-state index contributed by atoms with van der Waals surface area (Å²) in [6.45, 7) is 5.15. The van der Waals surface area contributed by atoms with Crippen LogP contribution in [-0.2, 0) is 9.59 Å². The maximum Gasteiger partial charge on any atom is 0.227 e. The number of nitrogens with zero attached hydrogens (tertiary/aromatic N) is 2. The van der Waals surface area contributed by atoms with E-state index in [2.05, 4.69) is 29.3 Å². The zero-order valence-corrected chi connectivity index (χ0v) is 17.6. The number of thioether (sulfide) groups is 1. The van der Waals surface area contributed by atoms with Crippen molar-refractivity contribution in [1.82, 2.24) is 0 Å². The lowest BCUT2D eigenvalue weighted by atomic mass is 10.2. The predicted molar refractivity (Wildman–Crippen MR) is 120 cm³/mol. The molecule has 2 amide bonds. The normalized spacial score (nSPS) is 18.4. The van der Waals surface area contributed by atoms with Crippen molar-refractivity contribution in [2.45, 2.75) is 31.1 Å². The van der Waals surface area contributed by atoms with Gasteiger partial charge >= 0.3 is 0 Å². The number of carbonyl (C=O) groups excluding carboxylic acids is 2. The van der Waals surface area contributed by atoms with E-state index in [4.69, 9.17) is 0 Å². The second-order valence-corrected chi connectivity index (χ2v) is 8.93. The third-order valence-electron chi connectivity index (χ3n) is 5.54. The third kappa shape index (κ3) is 4.75. The van der Waals surface area contributed by atoms with Gasteiger partial charge in [-0.2, -0.15) is 0 Å². The highest BCUT2D eigenvalue weighted by molar-refractivity contribution is 7.99. The van der Waals surface area contributed by atoms with E-state index in [1.807, 2.05) is 41.3 Å². The number of benzene rings is 2. The van der Waals surface area contributed by atoms with Crippen LogP contribution in [0.25, 0.3) is 0 Å². The molecule has 1 unspecified atom stereocenters. The molecule has 2 aliphatic heterocycles. The van der Waals surface area contributed by atoms with Gasteiger partial charge in [0.25, 0.3) is 0 Å². The lowest BCUT2D eigenvalue weighted by Gasteiger charge is -2.29. The summed E-state index contributed by atoms with van der Waals surface area (Å²) >= 11 is 1.77.